The van der Waals surface area contributed by atoms with Crippen LogP contribution in [-0.4, -0.2) is 40.4 Å². The van der Waals surface area contributed by atoms with E-state index in [1.165, 1.54) is 4.68 Å². The number of nitrogens with one attached hydrogen (secondary N) is 1. The number of carbonyl (C=O) groups is 1. The average Bonchev–Trinajstić information content (AvgIpc) is 3.22. The van der Waals surface area contributed by atoms with Gasteiger partial charge in [-0.3, -0.25) is 14.0 Å². The highest BCUT2D eigenvalue weighted by molar-refractivity contribution is 5.92. The molecule has 0 saturated heterocycles. The molecule has 0 saturated carbocycles. The van der Waals surface area contributed by atoms with Crippen LogP contribution in [-0.2, 0) is 11.3 Å². The molecule has 1 atom stereocenters. The predicted octanol–water partition coefficient (Wildman–Crippen LogP) is 2.61. The fourth-order valence-corrected chi connectivity index (χ4v) is 4.23. The number of carbonyl (C=O) groups excluding carboxylic acids is 1. The number of hydrogen-bond donors (Lipinski definition) is 1. The molecule has 9 heteroatoms. The molecule has 0 fully saturated rings. The molecule has 1 N–H and O–H groups in total. The molecule has 1 aliphatic heterocycles. The van der Waals surface area contributed by atoms with Gasteiger partial charge in [-0.1, -0.05) is 12.1 Å². The van der Waals surface area contributed by atoms with Crippen LogP contribution in [0.5, 0.6) is 17.2 Å². The Morgan fingerprint density at radius 3 is 2.73 bits per heavy atom. The van der Waals surface area contributed by atoms with Gasteiger partial charge in [-0.05, 0) is 49.7 Å². The topological polar surface area (TPSA) is 96.1 Å². The van der Waals surface area contributed by atoms with E-state index in [9.17, 15) is 9.59 Å². The first-order valence-corrected chi connectivity index (χ1v) is 10.7. The van der Waals surface area contributed by atoms with Gasteiger partial charge < -0.3 is 19.5 Å². The Balaban J connectivity index is 1.41. The monoisotopic (exact) mass is 448 g/mol. The van der Waals surface area contributed by atoms with Crippen molar-refractivity contribution in [1.82, 2.24) is 19.5 Å². The van der Waals surface area contributed by atoms with E-state index >= 15 is 0 Å². The zero-order valence-corrected chi connectivity index (χ0v) is 18.6. The second-order valence-electron chi connectivity index (χ2n) is 7.96. The summed E-state index contributed by atoms with van der Waals surface area (Å²) in [5.74, 6) is 2.31. The van der Waals surface area contributed by atoms with Gasteiger partial charge in [0.2, 0.25) is 5.91 Å². The Labute approximate surface area is 189 Å². The van der Waals surface area contributed by atoms with Crippen LogP contribution >= 0.6 is 0 Å². The lowest BCUT2D eigenvalue weighted by atomic mass is 10.1. The van der Waals surface area contributed by atoms with Crippen molar-refractivity contribution in [2.24, 2.45) is 0 Å². The minimum atomic E-state index is -0.346. The minimum absolute atomic E-state index is 0.191. The van der Waals surface area contributed by atoms with Crippen LogP contribution in [0.15, 0.2) is 47.3 Å². The molecule has 0 radical (unpaired) electrons. The minimum Gasteiger partial charge on any atom is -0.496 e. The fourth-order valence-electron chi connectivity index (χ4n) is 4.23. The third-order valence-corrected chi connectivity index (χ3v) is 5.81. The molecule has 1 amide bonds. The highest BCUT2D eigenvalue weighted by Gasteiger charge is 2.18. The molecular formula is C24H24N4O5. The van der Waals surface area contributed by atoms with E-state index in [1.54, 1.807) is 24.5 Å². The number of amides is 1. The molecule has 3 heterocycles. The molecule has 0 bridgehead atoms. The van der Waals surface area contributed by atoms with Crippen molar-refractivity contribution in [3.63, 3.8) is 0 Å². The second-order valence-corrected chi connectivity index (χ2v) is 7.96. The highest BCUT2D eigenvalue weighted by Crippen LogP contribution is 2.32. The third kappa shape index (κ3) is 3.65. The van der Waals surface area contributed by atoms with Crippen molar-refractivity contribution in [2.45, 2.75) is 26.4 Å². The lowest BCUT2D eigenvalue weighted by Crippen LogP contribution is -2.36. The van der Waals surface area contributed by atoms with E-state index in [0.717, 1.165) is 16.5 Å². The van der Waals surface area contributed by atoms with Crippen molar-refractivity contribution >= 4 is 22.3 Å². The number of rotatable bonds is 5. The SMILES string of the molecule is COc1cccc2c1cc1c(=O)n(CC(=O)NC(C)c3ccc4c(c3)OCCO4)nc(C)n12. The van der Waals surface area contributed by atoms with E-state index in [0.29, 0.717) is 41.8 Å². The number of fused-ring (bicyclic) bond motifs is 4. The maximum atomic E-state index is 13.1. The molecule has 1 aliphatic rings. The summed E-state index contributed by atoms with van der Waals surface area (Å²) in [7, 11) is 1.59. The molecule has 2 aromatic heterocycles. The molecule has 9 nitrogen and oxygen atoms in total. The summed E-state index contributed by atoms with van der Waals surface area (Å²) in [4.78, 5) is 25.9. The van der Waals surface area contributed by atoms with Gasteiger partial charge in [0.15, 0.2) is 11.5 Å². The highest BCUT2D eigenvalue weighted by atomic mass is 16.6. The number of hydrogen-bond acceptors (Lipinski definition) is 6. The predicted molar refractivity (Wildman–Crippen MR) is 122 cm³/mol. The lowest BCUT2D eigenvalue weighted by molar-refractivity contribution is -0.122. The fraction of sp³-hybridized carbons (Fsp3) is 0.292. The van der Waals surface area contributed by atoms with Gasteiger partial charge in [0.05, 0.1) is 18.7 Å². The summed E-state index contributed by atoms with van der Waals surface area (Å²) >= 11 is 0. The molecule has 0 aliphatic carbocycles. The van der Waals surface area contributed by atoms with Crippen molar-refractivity contribution in [3.05, 3.63) is 64.2 Å². The summed E-state index contributed by atoms with van der Waals surface area (Å²) in [5, 5.41) is 8.13. The Kier molecular flexibility index (Phi) is 5.16. The number of benzene rings is 2. The molecule has 1 unspecified atom stereocenters. The molecule has 5 rings (SSSR count). The third-order valence-electron chi connectivity index (χ3n) is 5.81. The number of aryl methyl sites for hydroxylation is 1. The Hall–Kier alpha value is -4.01. The van der Waals surface area contributed by atoms with Crippen molar-refractivity contribution in [1.29, 1.82) is 0 Å². The molecule has 4 aromatic rings. The first-order chi connectivity index (χ1) is 16.0. The van der Waals surface area contributed by atoms with Crippen LogP contribution in [0.1, 0.15) is 24.4 Å². The number of ether oxygens (including phenoxy) is 3. The number of aromatic nitrogens is 3. The zero-order chi connectivity index (χ0) is 23.1. The average molecular weight is 448 g/mol. The van der Waals surface area contributed by atoms with Gasteiger partial charge in [-0.15, -0.1) is 0 Å². The van der Waals surface area contributed by atoms with Crippen LogP contribution in [0.2, 0.25) is 0 Å². The zero-order valence-electron chi connectivity index (χ0n) is 18.6. The summed E-state index contributed by atoms with van der Waals surface area (Å²) in [6, 6.07) is 12.7. The normalized spacial score (nSPS) is 13.8. The van der Waals surface area contributed by atoms with E-state index in [-0.39, 0.29) is 24.1 Å². The van der Waals surface area contributed by atoms with E-state index < -0.39 is 0 Å². The summed E-state index contributed by atoms with van der Waals surface area (Å²) in [6.07, 6.45) is 0. The van der Waals surface area contributed by atoms with Gasteiger partial charge in [0, 0.05) is 5.39 Å². The Morgan fingerprint density at radius 2 is 1.94 bits per heavy atom. The van der Waals surface area contributed by atoms with E-state index in [2.05, 4.69) is 10.4 Å². The molecular weight excluding hydrogens is 424 g/mol. The van der Waals surface area contributed by atoms with E-state index in [1.807, 2.05) is 43.3 Å². The first kappa shape index (κ1) is 20.9. The standard InChI is InChI=1S/C24H24N4O5/c1-14(16-7-8-21-22(11-16)33-10-9-32-21)25-23(29)13-27-24(30)19-12-17-18(28(19)15(2)26-27)5-4-6-20(17)31-3/h4-8,11-12,14H,9-10,13H2,1-3H3,(H,25,29). The van der Waals surface area contributed by atoms with Crippen LogP contribution in [0, 0.1) is 6.92 Å². The molecule has 0 spiro atoms. The molecule has 33 heavy (non-hydrogen) atoms. The summed E-state index contributed by atoms with van der Waals surface area (Å²) in [5.41, 5.74) is 1.80. The summed E-state index contributed by atoms with van der Waals surface area (Å²) in [6.45, 7) is 4.50. The maximum Gasteiger partial charge on any atom is 0.291 e. The van der Waals surface area contributed by atoms with Gasteiger partial charge in [-0.25, -0.2) is 4.68 Å². The van der Waals surface area contributed by atoms with Gasteiger partial charge >= 0.3 is 0 Å². The van der Waals surface area contributed by atoms with Crippen LogP contribution in [0.3, 0.4) is 0 Å². The van der Waals surface area contributed by atoms with Gasteiger partial charge in [-0.2, -0.15) is 5.10 Å². The first-order valence-electron chi connectivity index (χ1n) is 10.7. The van der Waals surface area contributed by atoms with Crippen LogP contribution in [0.25, 0.3) is 16.4 Å². The van der Waals surface area contributed by atoms with Gasteiger partial charge in [0.25, 0.3) is 5.56 Å². The summed E-state index contributed by atoms with van der Waals surface area (Å²) < 4.78 is 19.6. The molecule has 2 aromatic carbocycles. The smallest absolute Gasteiger partial charge is 0.291 e. The number of nitrogens with zero attached hydrogens (tertiary/aromatic N) is 3. The van der Waals surface area contributed by atoms with E-state index in [4.69, 9.17) is 14.2 Å². The van der Waals surface area contributed by atoms with Crippen molar-refractivity contribution in [3.8, 4) is 17.2 Å². The van der Waals surface area contributed by atoms with Crippen LogP contribution < -0.4 is 25.1 Å². The van der Waals surface area contributed by atoms with Gasteiger partial charge in [0.1, 0.15) is 36.8 Å². The number of methoxy groups -OCH3 is 1. The van der Waals surface area contributed by atoms with Crippen molar-refractivity contribution in [2.75, 3.05) is 20.3 Å². The Bertz CT molecular complexity index is 1440. The maximum absolute atomic E-state index is 13.1. The van der Waals surface area contributed by atoms with Crippen molar-refractivity contribution < 1.29 is 19.0 Å². The lowest BCUT2D eigenvalue weighted by Gasteiger charge is -2.21. The second kappa shape index (κ2) is 8.16. The molecule has 170 valence electrons. The quantitative estimate of drug-likeness (QED) is 0.504. The van der Waals surface area contributed by atoms with Crippen LogP contribution in [0.4, 0.5) is 0 Å². The Morgan fingerprint density at radius 1 is 1.15 bits per heavy atom. The largest absolute Gasteiger partial charge is 0.496 e.